The van der Waals surface area contributed by atoms with E-state index in [9.17, 15) is 4.79 Å². The molecule has 2 aromatic heterocycles. The summed E-state index contributed by atoms with van der Waals surface area (Å²) in [5, 5.41) is 13.9. The predicted molar refractivity (Wildman–Crippen MR) is 114 cm³/mol. The minimum Gasteiger partial charge on any atom is -0.486 e. The van der Waals surface area contributed by atoms with Gasteiger partial charge < -0.3 is 4.74 Å². The van der Waals surface area contributed by atoms with E-state index in [1.165, 1.54) is 29.1 Å². The van der Waals surface area contributed by atoms with E-state index in [1.54, 1.807) is 24.3 Å². The topological polar surface area (TPSA) is 77.0 Å². The third-order valence-electron chi connectivity index (χ3n) is 3.90. The number of nitrogens with one attached hydrogen (secondary N) is 1. The summed E-state index contributed by atoms with van der Waals surface area (Å²) < 4.78 is 5.70. The SMILES string of the molecule is CCCCCc1nnc(NC(=O)c2sc(COc3ccc(Cl)cc3)nc2C)s1. The highest BCUT2D eigenvalue weighted by atomic mass is 35.5. The molecule has 0 spiro atoms. The number of ether oxygens (including phenoxy) is 1. The van der Waals surface area contributed by atoms with Gasteiger partial charge in [-0.3, -0.25) is 10.1 Å². The fraction of sp³-hybridized carbons (Fsp3) is 0.368. The van der Waals surface area contributed by atoms with Crippen molar-refractivity contribution in [2.75, 3.05) is 5.32 Å². The molecule has 0 atom stereocenters. The molecule has 0 bridgehead atoms. The van der Waals surface area contributed by atoms with Gasteiger partial charge in [-0.2, -0.15) is 0 Å². The number of hydrogen-bond acceptors (Lipinski definition) is 7. The van der Waals surface area contributed by atoms with Crippen molar-refractivity contribution >= 4 is 45.3 Å². The Bertz CT molecular complexity index is 924. The van der Waals surface area contributed by atoms with Crippen LogP contribution in [0.5, 0.6) is 5.75 Å². The Morgan fingerprint density at radius 1 is 1.14 bits per heavy atom. The average molecular weight is 437 g/mol. The number of rotatable bonds is 9. The molecule has 1 amide bonds. The van der Waals surface area contributed by atoms with Crippen molar-refractivity contribution in [3.63, 3.8) is 0 Å². The maximum atomic E-state index is 12.6. The molecule has 148 valence electrons. The van der Waals surface area contributed by atoms with Gasteiger partial charge in [0.15, 0.2) is 0 Å². The standard InChI is InChI=1S/C19H21ClN4O2S2/c1-3-4-5-6-15-23-24-19(28-15)22-18(25)17-12(2)21-16(27-17)11-26-14-9-7-13(20)8-10-14/h7-10H,3-6,11H2,1-2H3,(H,22,24,25). The van der Waals surface area contributed by atoms with Crippen LogP contribution in [0.4, 0.5) is 5.13 Å². The van der Waals surface area contributed by atoms with Gasteiger partial charge in [0.1, 0.15) is 27.2 Å². The van der Waals surface area contributed by atoms with Gasteiger partial charge in [-0.25, -0.2) is 4.98 Å². The van der Waals surface area contributed by atoms with Gasteiger partial charge in [-0.15, -0.1) is 21.5 Å². The van der Waals surface area contributed by atoms with Crippen LogP contribution in [-0.4, -0.2) is 21.1 Å². The maximum Gasteiger partial charge on any atom is 0.269 e. The van der Waals surface area contributed by atoms with E-state index in [2.05, 4.69) is 27.4 Å². The zero-order valence-electron chi connectivity index (χ0n) is 15.7. The summed E-state index contributed by atoms with van der Waals surface area (Å²) in [5.41, 5.74) is 0.671. The molecule has 1 N–H and O–H groups in total. The van der Waals surface area contributed by atoms with Crippen molar-refractivity contribution in [1.29, 1.82) is 0 Å². The minimum atomic E-state index is -0.219. The molecule has 0 fully saturated rings. The maximum absolute atomic E-state index is 12.6. The van der Waals surface area contributed by atoms with E-state index < -0.39 is 0 Å². The first-order chi connectivity index (χ1) is 13.5. The summed E-state index contributed by atoms with van der Waals surface area (Å²) in [6.45, 7) is 4.27. The third-order valence-corrected chi connectivity index (χ3v) is 6.18. The molecule has 28 heavy (non-hydrogen) atoms. The Balaban J connectivity index is 1.57. The molecule has 3 aromatic rings. The lowest BCUT2D eigenvalue weighted by molar-refractivity contribution is 0.102. The van der Waals surface area contributed by atoms with Crippen LogP contribution in [0.15, 0.2) is 24.3 Å². The molecule has 1 aromatic carbocycles. The molecule has 2 heterocycles. The van der Waals surface area contributed by atoms with Crippen LogP contribution in [-0.2, 0) is 13.0 Å². The van der Waals surface area contributed by atoms with E-state index in [1.807, 2.05) is 6.92 Å². The fourth-order valence-corrected chi connectivity index (χ4v) is 4.26. The zero-order chi connectivity index (χ0) is 19.9. The van der Waals surface area contributed by atoms with Gasteiger partial charge >= 0.3 is 0 Å². The van der Waals surface area contributed by atoms with Crippen LogP contribution in [0, 0.1) is 6.92 Å². The number of halogens is 1. The average Bonchev–Trinajstić information content (AvgIpc) is 3.28. The van der Waals surface area contributed by atoms with E-state index in [0.29, 0.717) is 33.1 Å². The molecule has 0 aliphatic heterocycles. The lowest BCUT2D eigenvalue weighted by atomic mass is 10.2. The molecule has 3 rings (SSSR count). The summed E-state index contributed by atoms with van der Waals surface area (Å²) >= 11 is 8.61. The van der Waals surface area contributed by atoms with Crippen LogP contribution < -0.4 is 10.1 Å². The number of unbranched alkanes of at least 4 members (excludes halogenated alkanes) is 2. The van der Waals surface area contributed by atoms with Crippen molar-refractivity contribution in [2.24, 2.45) is 0 Å². The van der Waals surface area contributed by atoms with Crippen molar-refractivity contribution in [3.8, 4) is 5.75 Å². The van der Waals surface area contributed by atoms with Crippen LogP contribution >= 0.6 is 34.3 Å². The number of hydrogen-bond donors (Lipinski definition) is 1. The highest BCUT2D eigenvalue weighted by Gasteiger charge is 2.17. The second-order valence-electron chi connectivity index (χ2n) is 6.18. The molecular formula is C19H21ClN4O2S2. The first kappa shape index (κ1) is 20.7. The molecule has 9 heteroatoms. The number of thiazole rings is 1. The van der Waals surface area contributed by atoms with Crippen LogP contribution in [0.3, 0.4) is 0 Å². The monoisotopic (exact) mass is 436 g/mol. The lowest BCUT2D eigenvalue weighted by Gasteiger charge is -2.03. The number of anilines is 1. The Labute approximate surface area is 177 Å². The van der Waals surface area contributed by atoms with Gasteiger partial charge in [-0.05, 0) is 37.6 Å². The van der Waals surface area contributed by atoms with Crippen molar-refractivity contribution < 1.29 is 9.53 Å². The molecule has 0 saturated carbocycles. The van der Waals surface area contributed by atoms with Gasteiger partial charge in [0, 0.05) is 11.4 Å². The van der Waals surface area contributed by atoms with Crippen LogP contribution in [0.1, 0.15) is 51.6 Å². The van der Waals surface area contributed by atoms with Crippen molar-refractivity contribution in [2.45, 2.75) is 46.1 Å². The highest BCUT2D eigenvalue weighted by Crippen LogP contribution is 2.24. The predicted octanol–water partition coefficient (Wildman–Crippen LogP) is 5.52. The van der Waals surface area contributed by atoms with Crippen LogP contribution in [0.2, 0.25) is 5.02 Å². The Kier molecular flexibility index (Phi) is 7.36. The summed E-state index contributed by atoms with van der Waals surface area (Å²) in [6.07, 6.45) is 4.32. The molecule has 0 aliphatic carbocycles. The van der Waals surface area contributed by atoms with E-state index in [0.717, 1.165) is 29.3 Å². The summed E-state index contributed by atoms with van der Waals surface area (Å²) in [7, 11) is 0. The van der Waals surface area contributed by atoms with Crippen molar-refractivity contribution in [3.05, 3.63) is 49.9 Å². The van der Waals surface area contributed by atoms with Crippen molar-refractivity contribution in [1.82, 2.24) is 15.2 Å². The van der Waals surface area contributed by atoms with E-state index >= 15 is 0 Å². The molecule has 6 nitrogen and oxygen atoms in total. The number of carbonyl (C=O) groups is 1. The Morgan fingerprint density at radius 2 is 1.93 bits per heavy atom. The normalized spacial score (nSPS) is 10.8. The molecular weight excluding hydrogens is 416 g/mol. The van der Waals surface area contributed by atoms with Gasteiger partial charge in [0.05, 0.1) is 5.69 Å². The number of benzene rings is 1. The molecule has 0 aliphatic rings. The quantitative estimate of drug-likeness (QED) is 0.447. The van der Waals surface area contributed by atoms with Gasteiger partial charge in [-0.1, -0.05) is 42.7 Å². The first-order valence-electron chi connectivity index (χ1n) is 9.03. The summed E-state index contributed by atoms with van der Waals surface area (Å²) in [4.78, 5) is 17.6. The number of aromatic nitrogens is 3. The van der Waals surface area contributed by atoms with E-state index in [4.69, 9.17) is 16.3 Å². The highest BCUT2D eigenvalue weighted by molar-refractivity contribution is 7.16. The number of aryl methyl sites for hydroxylation is 2. The summed E-state index contributed by atoms with van der Waals surface area (Å²) in [5.74, 6) is 0.483. The molecule has 0 saturated heterocycles. The zero-order valence-corrected chi connectivity index (χ0v) is 18.1. The summed E-state index contributed by atoms with van der Waals surface area (Å²) in [6, 6.07) is 7.12. The first-order valence-corrected chi connectivity index (χ1v) is 11.0. The smallest absolute Gasteiger partial charge is 0.269 e. The molecule has 0 unspecified atom stereocenters. The lowest BCUT2D eigenvalue weighted by Crippen LogP contribution is -2.11. The third kappa shape index (κ3) is 5.73. The Hall–Kier alpha value is -2.03. The molecule has 0 radical (unpaired) electrons. The van der Waals surface area contributed by atoms with Gasteiger partial charge in [0.25, 0.3) is 5.91 Å². The Morgan fingerprint density at radius 3 is 2.68 bits per heavy atom. The second kappa shape index (κ2) is 9.95. The number of carbonyl (C=O) groups excluding carboxylic acids is 1. The second-order valence-corrected chi connectivity index (χ2v) is 8.76. The van der Waals surface area contributed by atoms with Gasteiger partial charge in [0.2, 0.25) is 5.13 Å². The number of nitrogens with zero attached hydrogens (tertiary/aromatic N) is 3. The fourth-order valence-electron chi connectivity index (χ4n) is 2.49. The number of amides is 1. The largest absolute Gasteiger partial charge is 0.486 e. The van der Waals surface area contributed by atoms with E-state index in [-0.39, 0.29) is 5.91 Å². The van der Waals surface area contributed by atoms with Crippen LogP contribution in [0.25, 0.3) is 0 Å². The minimum absolute atomic E-state index is 0.219.